The van der Waals surface area contributed by atoms with Crippen LogP contribution in [0.5, 0.6) is 0 Å². The Kier molecular flexibility index (Phi) is 2.15. The lowest BCUT2D eigenvalue weighted by atomic mass is 10.1. The highest BCUT2D eigenvalue weighted by Gasteiger charge is 2.19. The second-order valence-electron chi connectivity index (χ2n) is 3.00. The topological polar surface area (TPSA) is 9.23 Å². The smallest absolute Gasteiger partial charge is 0.197 e. The van der Waals surface area contributed by atoms with Gasteiger partial charge in [-0.25, -0.2) is 4.39 Å². The number of fused-ring (bicyclic) bond motifs is 1. The van der Waals surface area contributed by atoms with E-state index in [4.69, 9.17) is 4.74 Å². The second-order valence-corrected chi connectivity index (χ2v) is 3.00. The molecule has 0 spiro atoms. The maximum Gasteiger partial charge on any atom is 0.197 e. The molecule has 2 unspecified atom stereocenters. The second kappa shape index (κ2) is 3.30. The normalized spacial score (nSPS) is 21.5. The van der Waals surface area contributed by atoms with Gasteiger partial charge in [0.05, 0.1) is 0 Å². The van der Waals surface area contributed by atoms with Crippen molar-refractivity contribution < 1.29 is 9.13 Å². The zero-order valence-electron chi connectivity index (χ0n) is 7.33. The molecule has 1 aromatic rings. The van der Waals surface area contributed by atoms with Gasteiger partial charge in [-0.2, -0.15) is 0 Å². The Morgan fingerprint density at radius 3 is 3.00 bits per heavy atom. The van der Waals surface area contributed by atoms with E-state index in [0.29, 0.717) is 0 Å². The first-order valence-corrected chi connectivity index (χ1v) is 4.25. The largest absolute Gasteiger partial charge is 0.335 e. The third kappa shape index (κ3) is 1.63. The van der Waals surface area contributed by atoms with Gasteiger partial charge in [-0.3, -0.25) is 0 Å². The fourth-order valence-electron chi connectivity index (χ4n) is 1.44. The number of hydrogen-bond acceptors (Lipinski definition) is 1. The van der Waals surface area contributed by atoms with Gasteiger partial charge < -0.3 is 4.74 Å². The molecule has 0 heterocycles. The molecule has 13 heavy (non-hydrogen) atoms. The summed E-state index contributed by atoms with van der Waals surface area (Å²) in [6.07, 6.45) is 3.21. The quantitative estimate of drug-likeness (QED) is 0.674. The number of ether oxygens (including phenoxy) is 1. The van der Waals surface area contributed by atoms with E-state index in [0.717, 1.165) is 11.1 Å². The molecule has 0 aliphatic heterocycles. The molecular formula is C11H10FO. The minimum atomic E-state index is -1.25. The first-order chi connectivity index (χ1) is 6.27. The standard InChI is InChI=1S/C11H10FO/c1-8(12)13-11-7-6-9-4-2-3-5-10(9)11/h2-6,8,11H,1H3. The lowest BCUT2D eigenvalue weighted by Crippen LogP contribution is -2.06. The molecule has 2 atom stereocenters. The van der Waals surface area contributed by atoms with Gasteiger partial charge in [0.15, 0.2) is 6.36 Å². The molecule has 1 aliphatic carbocycles. The van der Waals surface area contributed by atoms with Crippen LogP contribution in [0.4, 0.5) is 4.39 Å². The van der Waals surface area contributed by atoms with Crippen LogP contribution >= 0.6 is 0 Å². The van der Waals surface area contributed by atoms with Gasteiger partial charge in [0.1, 0.15) is 6.10 Å². The highest BCUT2D eigenvalue weighted by atomic mass is 19.1. The van der Waals surface area contributed by atoms with Crippen LogP contribution in [0.15, 0.2) is 24.3 Å². The molecule has 0 fully saturated rings. The van der Waals surface area contributed by atoms with Gasteiger partial charge in [-0.15, -0.1) is 0 Å². The summed E-state index contributed by atoms with van der Waals surface area (Å²) in [6.45, 7) is 1.38. The maximum absolute atomic E-state index is 12.6. The van der Waals surface area contributed by atoms with Crippen LogP contribution in [0.2, 0.25) is 0 Å². The van der Waals surface area contributed by atoms with Crippen LogP contribution in [0.25, 0.3) is 6.08 Å². The van der Waals surface area contributed by atoms with Crippen molar-refractivity contribution in [1.82, 2.24) is 0 Å². The predicted molar refractivity (Wildman–Crippen MR) is 48.5 cm³/mol. The van der Waals surface area contributed by atoms with Crippen molar-refractivity contribution in [3.8, 4) is 0 Å². The number of rotatable bonds is 2. The molecule has 1 aliphatic rings. The third-order valence-corrected chi connectivity index (χ3v) is 1.99. The molecule has 1 aromatic carbocycles. The average Bonchev–Trinajstić information content (AvgIpc) is 2.48. The Hall–Kier alpha value is -1.15. The van der Waals surface area contributed by atoms with Crippen molar-refractivity contribution in [1.29, 1.82) is 0 Å². The van der Waals surface area contributed by atoms with E-state index in [2.05, 4.69) is 6.08 Å². The van der Waals surface area contributed by atoms with Crippen LogP contribution < -0.4 is 0 Å². The summed E-state index contributed by atoms with van der Waals surface area (Å²) in [5.74, 6) is 0. The van der Waals surface area contributed by atoms with Gasteiger partial charge in [-0.05, 0) is 30.2 Å². The highest BCUT2D eigenvalue weighted by Crippen LogP contribution is 2.30. The van der Waals surface area contributed by atoms with Crippen LogP contribution in [-0.4, -0.2) is 6.36 Å². The summed E-state index contributed by atoms with van der Waals surface area (Å²) in [5.41, 5.74) is 2.06. The monoisotopic (exact) mass is 177 g/mol. The lowest BCUT2D eigenvalue weighted by Gasteiger charge is -2.12. The molecule has 1 radical (unpaired) electrons. The highest BCUT2D eigenvalue weighted by molar-refractivity contribution is 5.58. The first-order valence-electron chi connectivity index (χ1n) is 4.25. The predicted octanol–water partition coefficient (Wildman–Crippen LogP) is 2.89. The van der Waals surface area contributed by atoms with E-state index in [1.165, 1.54) is 6.92 Å². The van der Waals surface area contributed by atoms with E-state index >= 15 is 0 Å². The van der Waals surface area contributed by atoms with Crippen LogP contribution in [0, 0.1) is 6.08 Å². The molecule has 0 saturated heterocycles. The fourth-order valence-corrected chi connectivity index (χ4v) is 1.44. The SMILES string of the molecule is CC(F)OC1[C]=Cc2ccccc21. The summed E-state index contributed by atoms with van der Waals surface area (Å²) in [4.78, 5) is 0. The lowest BCUT2D eigenvalue weighted by molar-refractivity contribution is -0.0579. The number of alkyl halides is 1. The Labute approximate surface area is 76.8 Å². The zero-order chi connectivity index (χ0) is 9.26. The van der Waals surface area contributed by atoms with Crippen molar-refractivity contribution in [2.75, 3.05) is 0 Å². The number of hydrogen-bond donors (Lipinski definition) is 0. The molecule has 0 aromatic heterocycles. The summed E-state index contributed by atoms with van der Waals surface area (Å²) in [6, 6.07) is 7.75. The number of halogens is 1. The molecule has 0 amide bonds. The van der Waals surface area contributed by atoms with Gasteiger partial charge >= 0.3 is 0 Å². The maximum atomic E-state index is 12.6. The Balaban J connectivity index is 2.23. The van der Waals surface area contributed by atoms with E-state index in [1.54, 1.807) is 0 Å². The summed E-state index contributed by atoms with van der Waals surface area (Å²) < 4.78 is 17.6. The summed E-state index contributed by atoms with van der Waals surface area (Å²) in [5, 5.41) is 0. The van der Waals surface area contributed by atoms with Crippen molar-refractivity contribution in [2.24, 2.45) is 0 Å². The van der Waals surface area contributed by atoms with E-state index in [-0.39, 0.29) is 6.10 Å². The number of benzene rings is 1. The van der Waals surface area contributed by atoms with Gasteiger partial charge in [-0.1, -0.05) is 24.3 Å². The molecule has 2 heteroatoms. The Morgan fingerprint density at radius 2 is 2.23 bits per heavy atom. The zero-order valence-corrected chi connectivity index (χ0v) is 7.33. The van der Waals surface area contributed by atoms with E-state index in [1.807, 2.05) is 30.3 Å². The van der Waals surface area contributed by atoms with E-state index in [9.17, 15) is 4.39 Å². The summed E-state index contributed by atoms with van der Waals surface area (Å²) >= 11 is 0. The molecule has 2 rings (SSSR count). The average molecular weight is 177 g/mol. The van der Waals surface area contributed by atoms with Crippen LogP contribution in [0.3, 0.4) is 0 Å². The minimum Gasteiger partial charge on any atom is -0.335 e. The Bertz CT molecular complexity index is 331. The molecular weight excluding hydrogens is 167 g/mol. The van der Waals surface area contributed by atoms with Crippen molar-refractivity contribution in [3.05, 3.63) is 41.5 Å². The van der Waals surface area contributed by atoms with Crippen molar-refractivity contribution in [3.63, 3.8) is 0 Å². The first kappa shape index (κ1) is 8.45. The van der Waals surface area contributed by atoms with Gasteiger partial charge in [0.2, 0.25) is 0 Å². The molecule has 0 N–H and O–H groups in total. The van der Waals surface area contributed by atoms with Crippen molar-refractivity contribution >= 4 is 6.08 Å². The third-order valence-electron chi connectivity index (χ3n) is 1.99. The van der Waals surface area contributed by atoms with E-state index < -0.39 is 6.36 Å². The van der Waals surface area contributed by atoms with Gasteiger partial charge in [0, 0.05) is 0 Å². The molecule has 1 nitrogen and oxygen atoms in total. The van der Waals surface area contributed by atoms with Crippen LogP contribution in [0.1, 0.15) is 24.2 Å². The Morgan fingerprint density at radius 1 is 1.46 bits per heavy atom. The molecule has 0 saturated carbocycles. The molecule has 0 bridgehead atoms. The van der Waals surface area contributed by atoms with Gasteiger partial charge in [0.25, 0.3) is 0 Å². The fraction of sp³-hybridized carbons (Fsp3) is 0.273. The minimum absolute atomic E-state index is 0.337. The van der Waals surface area contributed by atoms with Crippen LogP contribution in [-0.2, 0) is 4.74 Å². The molecule has 67 valence electrons. The summed E-state index contributed by atoms with van der Waals surface area (Å²) in [7, 11) is 0. The van der Waals surface area contributed by atoms with Crippen molar-refractivity contribution in [2.45, 2.75) is 19.4 Å².